The number of carboxylic acid groups (broad SMARTS) is 1. The van der Waals surface area contributed by atoms with Gasteiger partial charge in [0, 0.05) is 17.5 Å². The zero-order chi connectivity index (χ0) is 17.2. The van der Waals surface area contributed by atoms with Crippen molar-refractivity contribution in [2.45, 2.75) is 50.6 Å². The van der Waals surface area contributed by atoms with Gasteiger partial charge in [-0.2, -0.15) is 0 Å². The second-order valence-corrected chi connectivity index (χ2v) is 6.76. The summed E-state index contributed by atoms with van der Waals surface area (Å²) in [5.41, 5.74) is -0.523. The SMILES string of the molecule is CCC1(C)N(C(=O)O)C(C)C2CC21c1ccc([N+](=O)[O-])c(O)c1. The number of hydrogen-bond donors (Lipinski definition) is 2. The first-order valence-corrected chi connectivity index (χ1v) is 7.71. The summed E-state index contributed by atoms with van der Waals surface area (Å²) in [5.74, 6) is -0.197. The number of nitro benzene ring substituents is 1. The Bertz CT molecular complexity index is 706. The molecule has 1 amide bonds. The molecule has 1 heterocycles. The number of rotatable bonds is 3. The summed E-state index contributed by atoms with van der Waals surface area (Å²) in [5, 5.41) is 30.5. The molecule has 0 bridgehead atoms. The van der Waals surface area contributed by atoms with Crippen LogP contribution in [0, 0.1) is 16.0 Å². The third-order valence-corrected chi connectivity index (χ3v) is 6.08. The number of aromatic hydroxyl groups is 1. The normalized spacial score (nSPS) is 35.0. The molecule has 4 unspecified atom stereocenters. The molecule has 1 aromatic rings. The molecule has 1 saturated carbocycles. The summed E-state index contributed by atoms with van der Waals surface area (Å²) in [6, 6.07) is 4.28. The number of phenols is 1. The van der Waals surface area contributed by atoms with E-state index in [0.29, 0.717) is 6.42 Å². The van der Waals surface area contributed by atoms with Crippen LogP contribution in [-0.4, -0.2) is 37.7 Å². The molecule has 4 atom stereocenters. The summed E-state index contributed by atoms with van der Waals surface area (Å²) in [6.07, 6.45) is 0.525. The Kier molecular flexibility index (Phi) is 3.11. The van der Waals surface area contributed by atoms with E-state index in [1.165, 1.54) is 17.0 Å². The molecule has 2 N–H and O–H groups in total. The molecule has 2 aliphatic rings. The minimum absolute atomic E-state index is 0.116. The van der Waals surface area contributed by atoms with Gasteiger partial charge in [-0.25, -0.2) is 4.79 Å². The van der Waals surface area contributed by atoms with Crippen molar-refractivity contribution in [1.82, 2.24) is 4.90 Å². The van der Waals surface area contributed by atoms with E-state index < -0.39 is 16.6 Å². The molecule has 1 aliphatic heterocycles. The molecule has 2 fully saturated rings. The lowest BCUT2D eigenvalue weighted by molar-refractivity contribution is -0.385. The van der Waals surface area contributed by atoms with Crippen LogP contribution in [0.2, 0.25) is 0 Å². The Morgan fingerprint density at radius 1 is 1.52 bits per heavy atom. The number of benzene rings is 1. The van der Waals surface area contributed by atoms with Gasteiger partial charge < -0.3 is 10.2 Å². The average Bonchev–Trinajstić information content (AvgIpc) is 3.19. The van der Waals surface area contributed by atoms with E-state index in [0.717, 1.165) is 12.0 Å². The lowest BCUT2D eigenvalue weighted by atomic mass is 9.75. The lowest BCUT2D eigenvalue weighted by Crippen LogP contribution is -2.54. The summed E-state index contributed by atoms with van der Waals surface area (Å²) in [7, 11) is 0. The topological polar surface area (TPSA) is 104 Å². The number of nitro groups is 1. The van der Waals surface area contributed by atoms with Gasteiger partial charge in [0.25, 0.3) is 0 Å². The Morgan fingerprint density at radius 3 is 2.65 bits per heavy atom. The highest BCUT2D eigenvalue weighted by Crippen LogP contribution is 2.70. The molecule has 0 aromatic heterocycles. The van der Waals surface area contributed by atoms with Crippen molar-refractivity contribution in [2.75, 3.05) is 0 Å². The maximum atomic E-state index is 11.7. The van der Waals surface area contributed by atoms with E-state index in [4.69, 9.17) is 0 Å². The Labute approximate surface area is 133 Å². The van der Waals surface area contributed by atoms with Crippen LogP contribution in [0.5, 0.6) is 5.75 Å². The average molecular weight is 320 g/mol. The Morgan fingerprint density at radius 2 is 2.17 bits per heavy atom. The van der Waals surface area contributed by atoms with Crippen molar-refractivity contribution in [3.8, 4) is 5.75 Å². The first kappa shape index (κ1) is 15.6. The second-order valence-electron chi connectivity index (χ2n) is 6.76. The van der Waals surface area contributed by atoms with Crippen LogP contribution in [0.25, 0.3) is 0 Å². The van der Waals surface area contributed by atoms with Crippen molar-refractivity contribution in [2.24, 2.45) is 5.92 Å². The number of piperidine rings is 1. The van der Waals surface area contributed by atoms with E-state index in [-0.39, 0.29) is 28.8 Å². The van der Waals surface area contributed by atoms with Crippen molar-refractivity contribution in [3.63, 3.8) is 0 Å². The molecule has 7 heteroatoms. The standard InChI is InChI=1S/C16H20N2O5/c1-4-15(3)16(8-11(16)9(2)17(15)14(20)21)10-5-6-12(18(22)23)13(19)7-10/h5-7,9,11,19H,4,8H2,1-3H3,(H,20,21). The predicted molar refractivity (Wildman–Crippen MR) is 82.6 cm³/mol. The van der Waals surface area contributed by atoms with Crippen LogP contribution in [0.4, 0.5) is 10.5 Å². The number of likely N-dealkylation sites (tertiary alicyclic amines) is 1. The van der Waals surface area contributed by atoms with Crippen molar-refractivity contribution >= 4 is 11.8 Å². The third kappa shape index (κ3) is 1.73. The highest BCUT2D eigenvalue weighted by Gasteiger charge is 2.75. The van der Waals surface area contributed by atoms with Gasteiger partial charge in [0.15, 0.2) is 5.75 Å². The van der Waals surface area contributed by atoms with Gasteiger partial charge in [0.2, 0.25) is 0 Å². The quantitative estimate of drug-likeness (QED) is 0.658. The first-order valence-electron chi connectivity index (χ1n) is 7.71. The molecule has 3 rings (SSSR count). The number of carbonyl (C=O) groups is 1. The van der Waals surface area contributed by atoms with Crippen molar-refractivity contribution < 1.29 is 19.9 Å². The maximum absolute atomic E-state index is 11.7. The molecule has 0 radical (unpaired) electrons. The molecular weight excluding hydrogens is 300 g/mol. The van der Waals surface area contributed by atoms with E-state index in [1.54, 1.807) is 6.07 Å². The Balaban J connectivity index is 2.11. The molecular formula is C16H20N2O5. The van der Waals surface area contributed by atoms with E-state index >= 15 is 0 Å². The Hall–Kier alpha value is -2.31. The van der Waals surface area contributed by atoms with Crippen LogP contribution < -0.4 is 0 Å². The minimum atomic E-state index is -0.945. The van der Waals surface area contributed by atoms with Gasteiger partial charge >= 0.3 is 11.8 Å². The van der Waals surface area contributed by atoms with E-state index in [2.05, 4.69) is 0 Å². The largest absolute Gasteiger partial charge is 0.502 e. The monoisotopic (exact) mass is 320 g/mol. The number of fused-ring (bicyclic) bond motifs is 1. The highest BCUT2D eigenvalue weighted by molar-refractivity contribution is 5.70. The molecule has 0 spiro atoms. The van der Waals surface area contributed by atoms with Crippen LogP contribution >= 0.6 is 0 Å². The summed E-state index contributed by atoms with van der Waals surface area (Å²) < 4.78 is 0. The molecule has 124 valence electrons. The molecule has 23 heavy (non-hydrogen) atoms. The number of phenolic OH excluding ortho intramolecular Hbond substituents is 1. The van der Waals surface area contributed by atoms with Gasteiger partial charge in [-0.15, -0.1) is 0 Å². The fourth-order valence-corrected chi connectivity index (χ4v) is 4.80. The third-order valence-electron chi connectivity index (χ3n) is 6.08. The lowest BCUT2D eigenvalue weighted by Gasteiger charge is -2.42. The highest BCUT2D eigenvalue weighted by atomic mass is 16.6. The zero-order valence-corrected chi connectivity index (χ0v) is 13.3. The van der Waals surface area contributed by atoms with E-state index in [1.807, 2.05) is 20.8 Å². The van der Waals surface area contributed by atoms with Gasteiger partial charge in [0.05, 0.1) is 10.5 Å². The molecule has 1 saturated heterocycles. The summed E-state index contributed by atoms with van der Waals surface area (Å²) >= 11 is 0. The van der Waals surface area contributed by atoms with Crippen LogP contribution in [0.1, 0.15) is 39.2 Å². The number of hydrogen-bond acceptors (Lipinski definition) is 4. The maximum Gasteiger partial charge on any atom is 0.408 e. The number of nitrogens with zero attached hydrogens (tertiary/aromatic N) is 2. The van der Waals surface area contributed by atoms with Crippen LogP contribution in [0.15, 0.2) is 18.2 Å². The van der Waals surface area contributed by atoms with Crippen molar-refractivity contribution in [1.29, 1.82) is 0 Å². The van der Waals surface area contributed by atoms with Crippen LogP contribution in [0.3, 0.4) is 0 Å². The fraction of sp³-hybridized carbons (Fsp3) is 0.562. The van der Waals surface area contributed by atoms with Gasteiger partial charge in [-0.3, -0.25) is 15.0 Å². The van der Waals surface area contributed by atoms with Gasteiger partial charge in [-0.05, 0) is 44.2 Å². The van der Waals surface area contributed by atoms with E-state index in [9.17, 15) is 25.1 Å². The fourth-order valence-electron chi connectivity index (χ4n) is 4.80. The predicted octanol–water partition coefficient (Wildman–Crippen LogP) is 3.11. The minimum Gasteiger partial charge on any atom is -0.502 e. The molecule has 1 aromatic carbocycles. The summed E-state index contributed by atoms with van der Waals surface area (Å²) in [4.78, 5) is 23.5. The van der Waals surface area contributed by atoms with Crippen molar-refractivity contribution in [3.05, 3.63) is 33.9 Å². The number of amides is 1. The van der Waals surface area contributed by atoms with Crippen LogP contribution in [-0.2, 0) is 5.41 Å². The zero-order valence-electron chi connectivity index (χ0n) is 13.3. The first-order chi connectivity index (χ1) is 10.7. The molecule has 7 nitrogen and oxygen atoms in total. The smallest absolute Gasteiger partial charge is 0.408 e. The molecule has 1 aliphatic carbocycles. The van der Waals surface area contributed by atoms with Gasteiger partial charge in [-0.1, -0.05) is 13.0 Å². The van der Waals surface area contributed by atoms with Gasteiger partial charge in [0.1, 0.15) is 0 Å². The second kappa shape index (κ2) is 4.59. The summed E-state index contributed by atoms with van der Waals surface area (Å²) in [6.45, 7) is 5.80.